The fourth-order valence-electron chi connectivity index (χ4n) is 3.26. The summed E-state index contributed by atoms with van der Waals surface area (Å²) in [7, 11) is -3.78. The van der Waals surface area contributed by atoms with Gasteiger partial charge in [-0.2, -0.15) is 0 Å². The number of nitrogens with one attached hydrogen (secondary N) is 1. The van der Waals surface area contributed by atoms with Gasteiger partial charge in [-0.3, -0.25) is 13.7 Å². The van der Waals surface area contributed by atoms with Crippen LogP contribution in [0.3, 0.4) is 0 Å². The van der Waals surface area contributed by atoms with Gasteiger partial charge in [0.25, 0.3) is 10.0 Å². The molecule has 0 aliphatic rings. The highest BCUT2D eigenvalue weighted by Crippen LogP contribution is 2.24. The Morgan fingerprint density at radius 3 is 2.57 bits per heavy atom. The van der Waals surface area contributed by atoms with E-state index in [4.69, 9.17) is 0 Å². The first-order valence-corrected chi connectivity index (χ1v) is 11.0. The molecule has 3 aromatic heterocycles. The highest BCUT2D eigenvalue weighted by atomic mass is 32.2. The van der Waals surface area contributed by atoms with Crippen LogP contribution in [-0.2, 0) is 10.0 Å². The highest BCUT2D eigenvalue weighted by Gasteiger charge is 2.25. The molecule has 8 nitrogen and oxygen atoms in total. The molecule has 154 valence electrons. The van der Waals surface area contributed by atoms with E-state index in [-0.39, 0.29) is 17.5 Å². The maximum atomic E-state index is 13.3. The average molecular weight is 423 g/mol. The van der Waals surface area contributed by atoms with Crippen molar-refractivity contribution in [3.63, 3.8) is 0 Å². The Labute approximate surface area is 175 Å². The summed E-state index contributed by atoms with van der Waals surface area (Å²) in [6.07, 6.45) is 4.69. The molecular formula is C21H22N6O2S. The number of hydrogen-bond donors (Lipinski definition) is 1. The third kappa shape index (κ3) is 3.71. The maximum Gasteiger partial charge on any atom is 0.265 e. The Hall–Kier alpha value is -3.46. The Morgan fingerprint density at radius 2 is 1.87 bits per heavy atom. The molecule has 30 heavy (non-hydrogen) atoms. The van der Waals surface area contributed by atoms with Crippen molar-refractivity contribution < 1.29 is 8.42 Å². The van der Waals surface area contributed by atoms with Crippen LogP contribution in [0.15, 0.2) is 78.1 Å². The van der Waals surface area contributed by atoms with Crippen molar-refractivity contribution >= 4 is 27.3 Å². The Balaban J connectivity index is 1.70. The third-order valence-electron chi connectivity index (χ3n) is 4.83. The molecule has 0 saturated carbocycles. The standard InChI is InChI=1S/C21H22N6O2S/c1-3-27(18-10-7-13-22-14-18)30(28,29)19-11-12-20-24-25-21(26(20)15-19)23-16(2)17-8-5-4-6-9-17/h4-16H,3H2,1-2H3,(H,23,25). The van der Waals surface area contributed by atoms with Crippen molar-refractivity contribution in [2.24, 2.45) is 0 Å². The molecular weight excluding hydrogens is 400 g/mol. The predicted molar refractivity (Wildman–Crippen MR) is 116 cm³/mol. The van der Waals surface area contributed by atoms with Crippen molar-refractivity contribution in [2.45, 2.75) is 24.8 Å². The smallest absolute Gasteiger partial charge is 0.265 e. The molecule has 0 saturated heterocycles. The lowest BCUT2D eigenvalue weighted by Gasteiger charge is -2.22. The molecule has 1 N–H and O–H groups in total. The summed E-state index contributed by atoms with van der Waals surface area (Å²) in [4.78, 5) is 4.19. The molecule has 0 radical (unpaired) electrons. The molecule has 0 spiro atoms. The molecule has 0 aliphatic heterocycles. The van der Waals surface area contributed by atoms with Crippen LogP contribution in [0.4, 0.5) is 11.6 Å². The summed E-state index contributed by atoms with van der Waals surface area (Å²) in [5.41, 5.74) is 2.16. The number of fused-ring (bicyclic) bond motifs is 1. The Bertz CT molecular complexity index is 1240. The van der Waals surface area contributed by atoms with Gasteiger partial charge in [-0.25, -0.2) is 8.42 Å². The number of hydrogen-bond acceptors (Lipinski definition) is 6. The summed E-state index contributed by atoms with van der Waals surface area (Å²) in [5, 5.41) is 11.6. The van der Waals surface area contributed by atoms with Crippen LogP contribution in [0, 0.1) is 0 Å². The van der Waals surface area contributed by atoms with Crippen molar-refractivity contribution in [3.05, 3.63) is 78.8 Å². The largest absolute Gasteiger partial charge is 0.347 e. The summed E-state index contributed by atoms with van der Waals surface area (Å²) in [6, 6.07) is 16.5. The zero-order valence-electron chi connectivity index (χ0n) is 16.7. The molecule has 4 aromatic rings. The van der Waals surface area contributed by atoms with E-state index in [1.807, 2.05) is 37.3 Å². The normalized spacial score (nSPS) is 12.6. The molecule has 4 rings (SSSR count). The molecule has 1 atom stereocenters. The first-order chi connectivity index (χ1) is 14.5. The van der Waals surface area contributed by atoms with Crippen LogP contribution in [0.5, 0.6) is 0 Å². The van der Waals surface area contributed by atoms with Gasteiger partial charge < -0.3 is 5.32 Å². The molecule has 1 unspecified atom stereocenters. The van der Waals surface area contributed by atoms with Crippen LogP contribution >= 0.6 is 0 Å². The summed E-state index contributed by atoms with van der Waals surface area (Å²) in [5.74, 6) is 0.475. The number of aromatic nitrogens is 4. The first kappa shape index (κ1) is 19.8. The van der Waals surface area contributed by atoms with Gasteiger partial charge in [-0.15, -0.1) is 10.2 Å². The van der Waals surface area contributed by atoms with E-state index in [1.165, 1.54) is 10.5 Å². The van der Waals surface area contributed by atoms with Crippen molar-refractivity contribution in [3.8, 4) is 0 Å². The van der Waals surface area contributed by atoms with Crippen LogP contribution in [0.25, 0.3) is 5.65 Å². The lowest BCUT2D eigenvalue weighted by molar-refractivity contribution is 0.591. The van der Waals surface area contributed by atoms with Gasteiger partial charge in [0.2, 0.25) is 5.95 Å². The zero-order chi connectivity index (χ0) is 21.1. The van der Waals surface area contributed by atoms with Gasteiger partial charge in [0.05, 0.1) is 17.9 Å². The van der Waals surface area contributed by atoms with E-state index in [9.17, 15) is 8.42 Å². The summed E-state index contributed by atoms with van der Waals surface area (Å²) >= 11 is 0. The number of anilines is 2. The van der Waals surface area contributed by atoms with Crippen molar-refractivity contribution in [1.29, 1.82) is 0 Å². The SMILES string of the molecule is CCN(c1cccnc1)S(=O)(=O)c1ccc2nnc(NC(C)c3ccccc3)n2c1. The summed E-state index contributed by atoms with van der Waals surface area (Å²) in [6.45, 7) is 4.08. The van der Waals surface area contributed by atoms with E-state index in [0.29, 0.717) is 17.3 Å². The van der Waals surface area contributed by atoms with Crippen LogP contribution in [-0.4, -0.2) is 34.5 Å². The number of rotatable bonds is 7. The minimum Gasteiger partial charge on any atom is -0.347 e. The minimum absolute atomic E-state index is 0.0265. The van der Waals surface area contributed by atoms with Crippen LogP contribution in [0.2, 0.25) is 0 Å². The molecule has 0 amide bonds. The van der Waals surface area contributed by atoms with Crippen molar-refractivity contribution in [2.75, 3.05) is 16.2 Å². The van der Waals surface area contributed by atoms with E-state index >= 15 is 0 Å². The van der Waals surface area contributed by atoms with Crippen LogP contribution < -0.4 is 9.62 Å². The predicted octanol–water partition coefficient (Wildman–Crippen LogP) is 3.51. The van der Waals surface area contributed by atoms with Crippen molar-refractivity contribution in [1.82, 2.24) is 19.6 Å². The molecule has 0 aliphatic carbocycles. The second kappa shape index (κ2) is 8.11. The Kier molecular flexibility index (Phi) is 5.37. The lowest BCUT2D eigenvalue weighted by atomic mass is 10.1. The first-order valence-electron chi connectivity index (χ1n) is 9.59. The quantitative estimate of drug-likeness (QED) is 0.490. The fraction of sp³-hybridized carbons (Fsp3) is 0.190. The second-order valence-corrected chi connectivity index (χ2v) is 8.64. The second-order valence-electron chi connectivity index (χ2n) is 6.77. The van der Waals surface area contributed by atoms with Crippen LogP contribution in [0.1, 0.15) is 25.5 Å². The Morgan fingerprint density at radius 1 is 1.07 bits per heavy atom. The van der Waals surface area contributed by atoms with Gasteiger partial charge >= 0.3 is 0 Å². The molecule has 1 aromatic carbocycles. The molecule has 0 bridgehead atoms. The third-order valence-corrected chi connectivity index (χ3v) is 6.72. The zero-order valence-corrected chi connectivity index (χ0v) is 17.5. The van der Waals surface area contributed by atoms with E-state index in [0.717, 1.165) is 5.56 Å². The van der Waals surface area contributed by atoms with Gasteiger partial charge in [0, 0.05) is 18.9 Å². The number of sulfonamides is 1. The van der Waals surface area contributed by atoms with Gasteiger partial charge in [0.15, 0.2) is 5.65 Å². The number of pyridine rings is 2. The number of nitrogens with zero attached hydrogens (tertiary/aromatic N) is 5. The van der Waals surface area contributed by atoms with E-state index in [2.05, 4.69) is 20.5 Å². The van der Waals surface area contributed by atoms with E-state index < -0.39 is 10.0 Å². The molecule has 9 heteroatoms. The van der Waals surface area contributed by atoms with Gasteiger partial charge in [-0.1, -0.05) is 30.3 Å². The van der Waals surface area contributed by atoms with Gasteiger partial charge in [0.1, 0.15) is 4.90 Å². The topological polar surface area (TPSA) is 92.5 Å². The van der Waals surface area contributed by atoms with Gasteiger partial charge in [-0.05, 0) is 43.7 Å². The number of benzene rings is 1. The highest BCUT2D eigenvalue weighted by molar-refractivity contribution is 7.92. The lowest BCUT2D eigenvalue weighted by Crippen LogP contribution is -2.31. The monoisotopic (exact) mass is 422 g/mol. The van der Waals surface area contributed by atoms with E-state index in [1.54, 1.807) is 48.0 Å². The maximum absolute atomic E-state index is 13.3. The summed E-state index contributed by atoms with van der Waals surface area (Å²) < 4.78 is 29.6. The minimum atomic E-state index is -3.78. The average Bonchev–Trinajstić information content (AvgIpc) is 3.17. The molecule has 0 fully saturated rings. The molecule has 3 heterocycles. The fourth-order valence-corrected chi connectivity index (χ4v) is 4.72.